The van der Waals surface area contributed by atoms with Gasteiger partial charge in [-0.25, -0.2) is 14.6 Å². The normalized spacial score (nSPS) is 10.9. The molecule has 0 spiro atoms. The molecule has 0 aliphatic carbocycles. The fraction of sp³-hybridized carbons (Fsp3) is 0.286. The molecule has 4 nitrogen and oxygen atoms in total. The quantitative estimate of drug-likeness (QED) is 0.617. The Hall–Kier alpha value is -1.16. The zero-order valence-corrected chi connectivity index (χ0v) is 7.50. The summed E-state index contributed by atoms with van der Waals surface area (Å²) in [6.45, 7) is 1.89. The number of halogens is 1. The lowest BCUT2D eigenvalue weighted by Gasteiger charge is -1.91. The van der Waals surface area contributed by atoms with Crippen LogP contribution in [0.4, 0.5) is 0 Å². The molecule has 0 bridgehead atoms. The molecule has 12 heavy (non-hydrogen) atoms. The van der Waals surface area contributed by atoms with Gasteiger partial charge in [0, 0.05) is 7.05 Å². The Bertz CT molecular complexity index is 434. The predicted molar refractivity (Wildman–Crippen MR) is 46.1 cm³/mol. The van der Waals surface area contributed by atoms with Crippen molar-refractivity contribution in [1.82, 2.24) is 19.7 Å². The molecular formula is C7H7ClN4. The van der Waals surface area contributed by atoms with E-state index in [9.17, 15) is 0 Å². The maximum Gasteiger partial charge on any atom is 0.178 e. The molecule has 62 valence electrons. The number of aryl methyl sites for hydroxylation is 2. The molecule has 2 aromatic rings. The highest BCUT2D eigenvalue weighted by Gasteiger charge is 2.06. The van der Waals surface area contributed by atoms with E-state index in [0.29, 0.717) is 5.15 Å². The van der Waals surface area contributed by atoms with Gasteiger partial charge in [-0.3, -0.25) is 0 Å². The van der Waals surface area contributed by atoms with Gasteiger partial charge in [0.25, 0.3) is 0 Å². The summed E-state index contributed by atoms with van der Waals surface area (Å²) in [6, 6.07) is 0. The van der Waals surface area contributed by atoms with Gasteiger partial charge < -0.3 is 0 Å². The van der Waals surface area contributed by atoms with Crippen molar-refractivity contribution in [2.75, 3.05) is 0 Å². The van der Waals surface area contributed by atoms with E-state index in [4.69, 9.17) is 11.6 Å². The van der Waals surface area contributed by atoms with Gasteiger partial charge in [-0.15, -0.1) is 0 Å². The molecule has 0 aliphatic rings. The van der Waals surface area contributed by atoms with Gasteiger partial charge in [0.05, 0.1) is 11.9 Å². The van der Waals surface area contributed by atoms with Crippen molar-refractivity contribution in [1.29, 1.82) is 0 Å². The molecule has 0 N–H and O–H groups in total. The number of hydrogen-bond donors (Lipinski definition) is 0. The molecule has 0 aromatic carbocycles. The average molecular weight is 183 g/mol. The summed E-state index contributed by atoms with van der Waals surface area (Å²) in [5.41, 5.74) is 2.40. The van der Waals surface area contributed by atoms with Crippen molar-refractivity contribution < 1.29 is 0 Å². The summed E-state index contributed by atoms with van der Waals surface area (Å²) in [7, 11) is 1.82. The standard InChI is InChI=1S/C7H7ClN4/c1-4-6-7(12(2)11-4)10-5(8)3-9-6/h3H,1-2H3. The Morgan fingerprint density at radius 3 is 3.00 bits per heavy atom. The predicted octanol–water partition coefficient (Wildman–Crippen LogP) is 1.33. The third kappa shape index (κ3) is 0.956. The highest BCUT2D eigenvalue weighted by Crippen LogP contribution is 2.14. The van der Waals surface area contributed by atoms with Crippen LogP contribution in [0, 0.1) is 6.92 Å². The van der Waals surface area contributed by atoms with Gasteiger partial charge >= 0.3 is 0 Å². The highest BCUT2D eigenvalue weighted by atomic mass is 35.5. The second kappa shape index (κ2) is 2.42. The largest absolute Gasteiger partial charge is 0.249 e. The van der Waals surface area contributed by atoms with Crippen LogP contribution in [0.1, 0.15) is 5.69 Å². The Morgan fingerprint density at radius 1 is 1.50 bits per heavy atom. The van der Waals surface area contributed by atoms with Crippen LogP contribution < -0.4 is 0 Å². The molecule has 0 radical (unpaired) electrons. The van der Waals surface area contributed by atoms with Crippen molar-refractivity contribution in [3.8, 4) is 0 Å². The molecule has 2 aromatic heterocycles. The van der Waals surface area contributed by atoms with Gasteiger partial charge in [0.1, 0.15) is 10.7 Å². The van der Waals surface area contributed by atoms with E-state index in [2.05, 4.69) is 15.1 Å². The molecule has 0 unspecified atom stereocenters. The third-order valence-electron chi connectivity index (χ3n) is 1.67. The van der Waals surface area contributed by atoms with E-state index < -0.39 is 0 Å². The Kier molecular flexibility index (Phi) is 1.51. The molecule has 0 fully saturated rings. The zero-order valence-electron chi connectivity index (χ0n) is 6.74. The fourth-order valence-corrected chi connectivity index (χ4v) is 1.29. The lowest BCUT2D eigenvalue weighted by molar-refractivity contribution is 0.774. The van der Waals surface area contributed by atoms with E-state index in [-0.39, 0.29) is 0 Å². The van der Waals surface area contributed by atoms with Crippen LogP contribution in [0.25, 0.3) is 11.2 Å². The minimum Gasteiger partial charge on any atom is -0.249 e. The molecular weight excluding hydrogens is 176 g/mol. The maximum absolute atomic E-state index is 5.69. The van der Waals surface area contributed by atoms with E-state index >= 15 is 0 Å². The van der Waals surface area contributed by atoms with E-state index in [1.54, 1.807) is 4.68 Å². The zero-order chi connectivity index (χ0) is 8.72. The minimum absolute atomic E-state index is 0.394. The summed E-state index contributed by atoms with van der Waals surface area (Å²) in [6.07, 6.45) is 1.53. The topological polar surface area (TPSA) is 43.6 Å². The molecule has 0 atom stereocenters. The van der Waals surface area contributed by atoms with Crippen molar-refractivity contribution in [2.45, 2.75) is 6.92 Å². The highest BCUT2D eigenvalue weighted by molar-refractivity contribution is 6.29. The van der Waals surface area contributed by atoms with Gasteiger partial charge in [0.15, 0.2) is 5.65 Å². The minimum atomic E-state index is 0.394. The van der Waals surface area contributed by atoms with Crippen LogP contribution in [0.15, 0.2) is 6.20 Å². The van der Waals surface area contributed by atoms with E-state index in [0.717, 1.165) is 16.9 Å². The first-order chi connectivity index (χ1) is 5.68. The Labute approximate surface area is 74.2 Å². The molecule has 0 saturated carbocycles. The number of hydrogen-bond acceptors (Lipinski definition) is 3. The number of aromatic nitrogens is 4. The van der Waals surface area contributed by atoms with Crippen LogP contribution >= 0.6 is 11.6 Å². The second-order valence-corrected chi connectivity index (χ2v) is 2.96. The van der Waals surface area contributed by atoms with Crippen molar-refractivity contribution in [3.63, 3.8) is 0 Å². The van der Waals surface area contributed by atoms with E-state index in [1.807, 2.05) is 14.0 Å². The number of rotatable bonds is 0. The summed E-state index contributed by atoms with van der Waals surface area (Å²) < 4.78 is 1.67. The molecule has 0 saturated heterocycles. The molecule has 0 amide bonds. The SMILES string of the molecule is Cc1nn(C)c2nc(Cl)cnc12. The third-order valence-corrected chi connectivity index (χ3v) is 1.86. The maximum atomic E-state index is 5.69. The summed E-state index contributed by atoms with van der Waals surface area (Å²) >= 11 is 5.69. The van der Waals surface area contributed by atoms with Crippen LogP contribution in [0.3, 0.4) is 0 Å². The fourth-order valence-electron chi connectivity index (χ4n) is 1.16. The Balaban J connectivity index is 2.90. The smallest absolute Gasteiger partial charge is 0.178 e. The van der Waals surface area contributed by atoms with Crippen molar-refractivity contribution >= 4 is 22.8 Å². The summed E-state index contributed by atoms with van der Waals surface area (Å²) in [4.78, 5) is 8.22. The summed E-state index contributed by atoms with van der Waals surface area (Å²) in [5.74, 6) is 0. The average Bonchev–Trinajstić information content (AvgIpc) is 2.28. The van der Waals surface area contributed by atoms with E-state index in [1.165, 1.54) is 6.20 Å². The first kappa shape index (κ1) is 7.49. The lowest BCUT2D eigenvalue weighted by atomic mass is 10.4. The van der Waals surface area contributed by atoms with Crippen molar-refractivity contribution in [2.24, 2.45) is 7.05 Å². The second-order valence-electron chi connectivity index (χ2n) is 2.57. The number of fused-ring (bicyclic) bond motifs is 1. The van der Waals surface area contributed by atoms with Gasteiger partial charge in [-0.2, -0.15) is 5.10 Å². The van der Waals surface area contributed by atoms with Crippen molar-refractivity contribution in [3.05, 3.63) is 17.0 Å². The molecule has 2 heterocycles. The van der Waals surface area contributed by atoms with Gasteiger partial charge in [0.2, 0.25) is 0 Å². The molecule has 2 rings (SSSR count). The monoisotopic (exact) mass is 182 g/mol. The Morgan fingerprint density at radius 2 is 2.25 bits per heavy atom. The summed E-state index contributed by atoms with van der Waals surface area (Å²) in [5, 5.41) is 4.56. The van der Waals surface area contributed by atoms with Gasteiger partial charge in [-0.1, -0.05) is 11.6 Å². The van der Waals surface area contributed by atoms with Crippen LogP contribution in [0.2, 0.25) is 5.15 Å². The molecule has 5 heteroatoms. The van der Waals surface area contributed by atoms with Crippen LogP contribution in [-0.2, 0) is 7.05 Å². The van der Waals surface area contributed by atoms with Crippen LogP contribution in [-0.4, -0.2) is 19.7 Å². The van der Waals surface area contributed by atoms with Gasteiger partial charge in [-0.05, 0) is 6.92 Å². The molecule has 0 aliphatic heterocycles. The lowest BCUT2D eigenvalue weighted by Crippen LogP contribution is -1.92. The first-order valence-electron chi connectivity index (χ1n) is 3.50. The van der Waals surface area contributed by atoms with Crippen LogP contribution in [0.5, 0.6) is 0 Å². The number of nitrogens with zero attached hydrogens (tertiary/aromatic N) is 4. The first-order valence-corrected chi connectivity index (χ1v) is 3.88.